The number of carboxylic acids is 1. The fourth-order valence-corrected chi connectivity index (χ4v) is 3.65. The van der Waals surface area contributed by atoms with E-state index in [-0.39, 0.29) is 27.9 Å². The van der Waals surface area contributed by atoms with E-state index in [0.717, 1.165) is 4.31 Å². The number of sulfonamides is 1. The maximum atomic E-state index is 12.2. The maximum absolute atomic E-state index is 12.2. The molecule has 106 valence electrons. The Hall–Kier alpha value is -0.340. The summed E-state index contributed by atoms with van der Waals surface area (Å²) >= 11 is 14.8. The lowest BCUT2D eigenvalue weighted by Crippen LogP contribution is -2.29. The molecule has 19 heavy (non-hydrogen) atoms. The molecule has 0 aliphatic heterocycles. The minimum Gasteiger partial charge on any atom is -0.481 e. The third-order valence-corrected chi connectivity index (χ3v) is 5.82. The van der Waals surface area contributed by atoms with Crippen LogP contribution in [-0.4, -0.2) is 37.4 Å². The summed E-state index contributed by atoms with van der Waals surface area (Å²) in [6.45, 7) is -0.145. The summed E-state index contributed by atoms with van der Waals surface area (Å²) < 4.78 is 25.8. The van der Waals surface area contributed by atoms with Gasteiger partial charge in [0.15, 0.2) is 0 Å². The van der Waals surface area contributed by atoms with Crippen LogP contribution in [0.3, 0.4) is 0 Å². The highest BCUT2D eigenvalue weighted by Gasteiger charge is 2.25. The molecule has 1 aromatic rings. The number of benzene rings is 1. The molecule has 0 fully saturated rings. The average Bonchev–Trinajstić information content (AvgIpc) is 2.30. The van der Waals surface area contributed by atoms with Gasteiger partial charge in [0, 0.05) is 18.1 Å². The summed E-state index contributed by atoms with van der Waals surface area (Å²) in [4.78, 5) is 10.3. The molecule has 5 nitrogen and oxygen atoms in total. The molecule has 0 saturated carbocycles. The van der Waals surface area contributed by atoms with E-state index in [9.17, 15) is 13.2 Å². The molecule has 1 aromatic carbocycles. The SMILES string of the molecule is CN(CCC(=O)O)S(=O)(=O)c1cc(Br)c(Cl)cc1Cl. The Morgan fingerprint density at radius 3 is 2.47 bits per heavy atom. The van der Waals surface area contributed by atoms with Gasteiger partial charge in [0.2, 0.25) is 10.0 Å². The Kier molecular flexibility index (Phi) is 5.64. The second kappa shape index (κ2) is 6.41. The molecule has 0 unspecified atom stereocenters. The Morgan fingerprint density at radius 2 is 1.95 bits per heavy atom. The molecule has 0 atom stereocenters. The van der Waals surface area contributed by atoms with E-state index < -0.39 is 16.0 Å². The van der Waals surface area contributed by atoms with E-state index >= 15 is 0 Å². The predicted octanol–water partition coefficient (Wildman–Crippen LogP) is 2.85. The quantitative estimate of drug-likeness (QED) is 0.784. The van der Waals surface area contributed by atoms with Crippen molar-refractivity contribution < 1.29 is 18.3 Å². The lowest BCUT2D eigenvalue weighted by Gasteiger charge is -2.17. The highest BCUT2D eigenvalue weighted by atomic mass is 79.9. The van der Waals surface area contributed by atoms with Gasteiger partial charge in [-0.3, -0.25) is 4.79 Å². The number of rotatable bonds is 5. The fourth-order valence-electron chi connectivity index (χ4n) is 1.24. The molecule has 0 saturated heterocycles. The molecule has 0 bridgehead atoms. The Labute approximate surface area is 129 Å². The van der Waals surface area contributed by atoms with E-state index in [0.29, 0.717) is 4.47 Å². The molecule has 9 heteroatoms. The van der Waals surface area contributed by atoms with Crippen molar-refractivity contribution >= 4 is 55.1 Å². The predicted molar refractivity (Wildman–Crippen MR) is 76.2 cm³/mol. The van der Waals surface area contributed by atoms with Gasteiger partial charge in [-0.05, 0) is 28.1 Å². The standard InChI is InChI=1S/C10H10BrCl2NO4S/c1-14(3-2-10(15)16)19(17,18)9-4-6(11)7(12)5-8(9)13/h4-5H,2-3H2,1H3,(H,15,16). The smallest absolute Gasteiger partial charge is 0.304 e. The van der Waals surface area contributed by atoms with Gasteiger partial charge in [-0.25, -0.2) is 12.7 Å². The van der Waals surface area contributed by atoms with E-state index in [4.69, 9.17) is 28.3 Å². The minimum absolute atomic E-state index is 0.0182. The van der Waals surface area contributed by atoms with E-state index in [1.54, 1.807) is 0 Å². The van der Waals surface area contributed by atoms with Gasteiger partial charge in [0.1, 0.15) is 4.90 Å². The number of hydrogen-bond donors (Lipinski definition) is 1. The zero-order chi connectivity index (χ0) is 14.8. The Bertz CT molecular complexity index is 606. The molecular formula is C10H10BrCl2NO4S. The molecular weight excluding hydrogens is 381 g/mol. The van der Waals surface area contributed by atoms with E-state index in [1.165, 1.54) is 19.2 Å². The molecule has 0 spiro atoms. The van der Waals surface area contributed by atoms with Crippen molar-refractivity contribution in [2.24, 2.45) is 0 Å². The van der Waals surface area contributed by atoms with E-state index in [1.807, 2.05) is 0 Å². The number of halogens is 3. The zero-order valence-electron chi connectivity index (χ0n) is 9.73. The van der Waals surface area contributed by atoms with Crippen LogP contribution in [0.1, 0.15) is 6.42 Å². The summed E-state index contributed by atoms with van der Waals surface area (Å²) in [6.07, 6.45) is -0.290. The number of carbonyl (C=O) groups is 1. The second-order valence-electron chi connectivity index (χ2n) is 3.67. The first kappa shape index (κ1) is 16.7. The highest BCUT2D eigenvalue weighted by molar-refractivity contribution is 9.10. The van der Waals surface area contributed by atoms with Crippen molar-refractivity contribution in [1.29, 1.82) is 0 Å². The topological polar surface area (TPSA) is 74.7 Å². The highest BCUT2D eigenvalue weighted by Crippen LogP contribution is 2.33. The summed E-state index contributed by atoms with van der Waals surface area (Å²) in [5, 5.41) is 8.83. The van der Waals surface area contributed by atoms with Gasteiger partial charge in [0.05, 0.1) is 16.5 Å². The Balaban J connectivity index is 3.13. The van der Waals surface area contributed by atoms with Crippen molar-refractivity contribution in [2.75, 3.05) is 13.6 Å². The van der Waals surface area contributed by atoms with Crippen LogP contribution in [0.2, 0.25) is 10.0 Å². The van der Waals surface area contributed by atoms with Gasteiger partial charge in [0.25, 0.3) is 0 Å². The summed E-state index contributed by atoms with van der Waals surface area (Å²) in [5.74, 6) is -1.08. The molecule has 0 aromatic heterocycles. The molecule has 0 aliphatic rings. The minimum atomic E-state index is -3.86. The monoisotopic (exact) mass is 389 g/mol. The maximum Gasteiger partial charge on any atom is 0.304 e. The fraction of sp³-hybridized carbons (Fsp3) is 0.300. The van der Waals surface area contributed by atoms with Crippen LogP contribution < -0.4 is 0 Å². The molecule has 0 aliphatic carbocycles. The van der Waals surface area contributed by atoms with Gasteiger partial charge in [-0.15, -0.1) is 0 Å². The van der Waals surface area contributed by atoms with Crippen LogP contribution in [0.4, 0.5) is 0 Å². The Morgan fingerprint density at radius 1 is 1.37 bits per heavy atom. The second-order valence-corrected chi connectivity index (χ2v) is 7.35. The number of carboxylic acid groups (broad SMARTS) is 1. The van der Waals surface area contributed by atoms with Crippen molar-refractivity contribution in [3.05, 3.63) is 26.7 Å². The summed E-state index contributed by atoms with van der Waals surface area (Å²) in [6, 6.07) is 2.60. The third kappa shape index (κ3) is 4.06. The molecule has 0 amide bonds. The van der Waals surface area contributed by atoms with Gasteiger partial charge >= 0.3 is 5.97 Å². The molecule has 1 rings (SSSR count). The summed E-state index contributed by atoms with van der Waals surface area (Å²) in [7, 11) is -2.57. The third-order valence-electron chi connectivity index (χ3n) is 2.30. The first-order valence-electron chi connectivity index (χ1n) is 4.99. The van der Waals surface area contributed by atoms with Crippen LogP contribution in [0.5, 0.6) is 0 Å². The van der Waals surface area contributed by atoms with Crippen LogP contribution >= 0.6 is 39.1 Å². The molecule has 0 radical (unpaired) electrons. The normalized spacial score (nSPS) is 11.8. The number of nitrogens with zero attached hydrogens (tertiary/aromatic N) is 1. The van der Waals surface area contributed by atoms with Crippen LogP contribution in [0.25, 0.3) is 0 Å². The van der Waals surface area contributed by atoms with Gasteiger partial charge in [-0.2, -0.15) is 0 Å². The zero-order valence-corrected chi connectivity index (χ0v) is 13.6. The summed E-state index contributed by atoms with van der Waals surface area (Å²) in [5.41, 5.74) is 0. The first-order chi connectivity index (χ1) is 8.66. The van der Waals surface area contributed by atoms with Crippen LogP contribution in [0.15, 0.2) is 21.5 Å². The average molecular weight is 391 g/mol. The van der Waals surface area contributed by atoms with Crippen molar-refractivity contribution in [3.63, 3.8) is 0 Å². The van der Waals surface area contributed by atoms with Crippen molar-refractivity contribution in [2.45, 2.75) is 11.3 Å². The lowest BCUT2D eigenvalue weighted by atomic mass is 10.4. The van der Waals surface area contributed by atoms with Crippen LogP contribution in [0, 0.1) is 0 Å². The first-order valence-corrected chi connectivity index (χ1v) is 7.98. The van der Waals surface area contributed by atoms with Gasteiger partial charge < -0.3 is 5.11 Å². The number of hydrogen-bond acceptors (Lipinski definition) is 3. The van der Waals surface area contributed by atoms with Crippen LogP contribution in [-0.2, 0) is 14.8 Å². The lowest BCUT2D eigenvalue weighted by molar-refractivity contribution is -0.137. The number of aliphatic carboxylic acids is 1. The molecule has 1 N–H and O–H groups in total. The van der Waals surface area contributed by atoms with E-state index in [2.05, 4.69) is 15.9 Å². The van der Waals surface area contributed by atoms with Crippen molar-refractivity contribution in [3.8, 4) is 0 Å². The van der Waals surface area contributed by atoms with Gasteiger partial charge in [-0.1, -0.05) is 23.2 Å². The van der Waals surface area contributed by atoms with Crippen molar-refractivity contribution in [1.82, 2.24) is 4.31 Å². The largest absolute Gasteiger partial charge is 0.481 e. The molecule has 0 heterocycles.